The third kappa shape index (κ3) is 5.75. The van der Waals surface area contributed by atoms with Gasteiger partial charge in [-0.2, -0.15) is 0 Å². The van der Waals surface area contributed by atoms with E-state index in [0.29, 0.717) is 6.61 Å². The van der Waals surface area contributed by atoms with Gasteiger partial charge in [0.15, 0.2) is 0 Å². The van der Waals surface area contributed by atoms with Crippen molar-refractivity contribution in [2.75, 3.05) is 6.61 Å². The minimum atomic E-state index is -0.233. The Kier molecular flexibility index (Phi) is 6.18. The van der Waals surface area contributed by atoms with Gasteiger partial charge < -0.3 is 15.2 Å². The molecule has 2 N–H and O–H groups in total. The molecule has 122 valence electrons. The summed E-state index contributed by atoms with van der Waals surface area (Å²) in [5, 5.41) is 11.7. The quantitative estimate of drug-likeness (QED) is 0.826. The summed E-state index contributed by atoms with van der Waals surface area (Å²) in [5.41, 5.74) is 3.20. The van der Waals surface area contributed by atoms with Crippen molar-refractivity contribution in [3.8, 4) is 5.75 Å². The first-order chi connectivity index (χ1) is 11.1. The topological polar surface area (TPSA) is 58.6 Å². The summed E-state index contributed by atoms with van der Waals surface area (Å²) in [5.74, 6) is 0.634. The Morgan fingerprint density at radius 3 is 2.65 bits per heavy atom. The standard InChI is InChI=1S/C19H23NO3/c1-14-5-3-7-17(9-14)13-23-18-8-4-6-16(10-18)11-19(22)20-15(2)12-21/h3-10,15,21H,11-13H2,1-2H3,(H,20,22). The summed E-state index contributed by atoms with van der Waals surface area (Å²) in [6.07, 6.45) is 0.270. The number of benzene rings is 2. The highest BCUT2D eigenvalue weighted by Gasteiger charge is 2.08. The third-order valence-corrected chi connectivity index (χ3v) is 3.43. The molecular weight excluding hydrogens is 290 g/mol. The summed E-state index contributed by atoms with van der Waals surface area (Å²) in [4.78, 5) is 11.8. The van der Waals surface area contributed by atoms with Crippen LogP contribution in [-0.2, 0) is 17.8 Å². The minimum absolute atomic E-state index is 0.0641. The average molecular weight is 313 g/mol. The van der Waals surface area contributed by atoms with E-state index in [9.17, 15) is 4.79 Å². The minimum Gasteiger partial charge on any atom is -0.489 e. The van der Waals surface area contributed by atoms with Crippen LogP contribution in [-0.4, -0.2) is 23.7 Å². The van der Waals surface area contributed by atoms with E-state index in [1.54, 1.807) is 6.92 Å². The van der Waals surface area contributed by atoms with E-state index in [-0.39, 0.29) is 25.0 Å². The lowest BCUT2D eigenvalue weighted by molar-refractivity contribution is -0.121. The van der Waals surface area contributed by atoms with Gasteiger partial charge in [-0.05, 0) is 37.1 Å². The van der Waals surface area contributed by atoms with Crippen molar-refractivity contribution in [2.24, 2.45) is 0 Å². The molecule has 23 heavy (non-hydrogen) atoms. The number of aliphatic hydroxyl groups is 1. The van der Waals surface area contributed by atoms with Gasteiger partial charge in [-0.3, -0.25) is 4.79 Å². The van der Waals surface area contributed by atoms with Crippen LogP contribution in [0.2, 0.25) is 0 Å². The molecule has 4 nitrogen and oxygen atoms in total. The first-order valence-electron chi connectivity index (χ1n) is 7.74. The van der Waals surface area contributed by atoms with Gasteiger partial charge in [-0.15, -0.1) is 0 Å². The molecule has 0 spiro atoms. The van der Waals surface area contributed by atoms with Crippen LogP contribution in [0, 0.1) is 6.92 Å². The number of aliphatic hydroxyl groups excluding tert-OH is 1. The van der Waals surface area contributed by atoms with E-state index in [1.165, 1.54) is 5.56 Å². The predicted octanol–water partition coefficient (Wildman–Crippen LogP) is 2.61. The normalized spacial score (nSPS) is 11.8. The van der Waals surface area contributed by atoms with Crippen LogP contribution in [0.4, 0.5) is 0 Å². The fourth-order valence-corrected chi connectivity index (χ4v) is 2.27. The number of hydrogen-bond acceptors (Lipinski definition) is 3. The molecule has 0 radical (unpaired) electrons. The molecule has 1 amide bonds. The van der Waals surface area contributed by atoms with Crippen LogP contribution in [0.15, 0.2) is 48.5 Å². The maximum Gasteiger partial charge on any atom is 0.224 e. The van der Waals surface area contributed by atoms with Crippen LogP contribution in [0.5, 0.6) is 5.75 Å². The Morgan fingerprint density at radius 2 is 1.91 bits per heavy atom. The van der Waals surface area contributed by atoms with Crippen LogP contribution in [0.1, 0.15) is 23.6 Å². The second-order valence-electron chi connectivity index (χ2n) is 5.75. The molecule has 0 aliphatic rings. The molecule has 4 heteroatoms. The van der Waals surface area contributed by atoms with Gasteiger partial charge >= 0.3 is 0 Å². The van der Waals surface area contributed by atoms with Crippen molar-refractivity contribution in [2.45, 2.75) is 32.9 Å². The molecule has 0 aromatic heterocycles. The Balaban J connectivity index is 1.93. The first kappa shape index (κ1) is 17.0. The van der Waals surface area contributed by atoms with Crippen LogP contribution in [0.25, 0.3) is 0 Å². The first-order valence-corrected chi connectivity index (χ1v) is 7.74. The number of rotatable bonds is 7. The summed E-state index contributed by atoms with van der Waals surface area (Å²) < 4.78 is 5.80. The number of carbonyl (C=O) groups excluding carboxylic acids is 1. The maximum absolute atomic E-state index is 11.8. The SMILES string of the molecule is Cc1cccc(COc2cccc(CC(=O)NC(C)CO)c2)c1. The summed E-state index contributed by atoms with van der Waals surface area (Å²) in [6.45, 7) is 4.25. The highest BCUT2D eigenvalue weighted by atomic mass is 16.5. The Labute approximate surface area is 137 Å². The molecule has 0 saturated carbocycles. The Morgan fingerprint density at radius 1 is 1.17 bits per heavy atom. The van der Waals surface area contributed by atoms with Crippen molar-refractivity contribution >= 4 is 5.91 Å². The van der Waals surface area contributed by atoms with Crippen molar-refractivity contribution in [1.29, 1.82) is 0 Å². The van der Waals surface area contributed by atoms with Gasteiger partial charge in [-0.1, -0.05) is 42.0 Å². The van der Waals surface area contributed by atoms with E-state index in [1.807, 2.05) is 36.4 Å². The Bertz CT molecular complexity index is 655. The maximum atomic E-state index is 11.8. The van der Waals surface area contributed by atoms with E-state index in [4.69, 9.17) is 9.84 Å². The molecule has 0 heterocycles. The van der Waals surface area contributed by atoms with Crippen LogP contribution < -0.4 is 10.1 Å². The van der Waals surface area contributed by atoms with Crippen molar-refractivity contribution in [3.63, 3.8) is 0 Å². The van der Waals surface area contributed by atoms with Crippen LogP contribution >= 0.6 is 0 Å². The number of amides is 1. The molecule has 1 atom stereocenters. The smallest absolute Gasteiger partial charge is 0.224 e. The van der Waals surface area contributed by atoms with E-state index in [0.717, 1.165) is 16.9 Å². The molecule has 2 aromatic carbocycles. The lowest BCUT2D eigenvalue weighted by Crippen LogP contribution is -2.35. The van der Waals surface area contributed by atoms with Crippen LogP contribution in [0.3, 0.4) is 0 Å². The molecule has 1 unspecified atom stereocenters. The van der Waals surface area contributed by atoms with Crippen molar-refractivity contribution < 1.29 is 14.6 Å². The number of nitrogens with one attached hydrogen (secondary N) is 1. The summed E-state index contributed by atoms with van der Waals surface area (Å²) in [7, 11) is 0. The second-order valence-corrected chi connectivity index (χ2v) is 5.75. The van der Waals surface area contributed by atoms with Gasteiger partial charge in [0, 0.05) is 6.04 Å². The van der Waals surface area contributed by atoms with E-state index >= 15 is 0 Å². The number of aryl methyl sites for hydroxylation is 1. The summed E-state index contributed by atoms with van der Waals surface area (Å²) in [6, 6.07) is 15.5. The van der Waals surface area contributed by atoms with Crippen molar-refractivity contribution in [3.05, 3.63) is 65.2 Å². The predicted molar refractivity (Wildman–Crippen MR) is 90.3 cm³/mol. The second kappa shape index (κ2) is 8.34. The highest BCUT2D eigenvalue weighted by molar-refractivity contribution is 5.78. The molecule has 0 aliphatic heterocycles. The fourth-order valence-electron chi connectivity index (χ4n) is 2.27. The molecule has 0 fully saturated rings. The monoisotopic (exact) mass is 313 g/mol. The molecular formula is C19H23NO3. The zero-order valence-electron chi connectivity index (χ0n) is 13.6. The zero-order chi connectivity index (χ0) is 16.7. The average Bonchev–Trinajstić information content (AvgIpc) is 2.53. The molecule has 0 bridgehead atoms. The van der Waals surface area contributed by atoms with Gasteiger partial charge in [0.1, 0.15) is 12.4 Å². The number of ether oxygens (including phenoxy) is 1. The van der Waals surface area contributed by atoms with Gasteiger partial charge in [0.25, 0.3) is 0 Å². The molecule has 2 aromatic rings. The lowest BCUT2D eigenvalue weighted by atomic mass is 10.1. The summed E-state index contributed by atoms with van der Waals surface area (Å²) >= 11 is 0. The highest BCUT2D eigenvalue weighted by Crippen LogP contribution is 2.16. The van der Waals surface area contributed by atoms with E-state index < -0.39 is 0 Å². The number of hydrogen-bond donors (Lipinski definition) is 2. The molecule has 0 saturated heterocycles. The lowest BCUT2D eigenvalue weighted by Gasteiger charge is -2.11. The molecule has 2 rings (SSSR count). The zero-order valence-corrected chi connectivity index (χ0v) is 13.6. The van der Waals surface area contributed by atoms with Gasteiger partial charge in [0.2, 0.25) is 5.91 Å². The van der Waals surface area contributed by atoms with Crippen molar-refractivity contribution in [1.82, 2.24) is 5.32 Å². The molecule has 0 aliphatic carbocycles. The van der Waals surface area contributed by atoms with Gasteiger partial charge in [-0.25, -0.2) is 0 Å². The van der Waals surface area contributed by atoms with E-state index in [2.05, 4.69) is 24.4 Å². The third-order valence-electron chi connectivity index (χ3n) is 3.43. The largest absolute Gasteiger partial charge is 0.489 e. The fraction of sp³-hybridized carbons (Fsp3) is 0.316. The number of carbonyl (C=O) groups is 1. The van der Waals surface area contributed by atoms with Gasteiger partial charge in [0.05, 0.1) is 13.0 Å². The Hall–Kier alpha value is -2.33.